The molecule has 18 heavy (non-hydrogen) atoms. The van der Waals surface area contributed by atoms with Crippen LogP contribution in [0.15, 0.2) is 36.4 Å². The zero-order valence-electron chi connectivity index (χ0n) is 9.48. The average molecular weight is 253 g/mol. The van der Waals surface area contributed by atoms with Gasteiger partial charge >= 0.3 is 0 Å². The van der Waals surface area contributed by atoms with Crippen LogP contribution in [0.5, 0.6) is 5.75 Å². The fourth-order valence-corrected chi connectivity index (χ4v) is 1.90. The maximum Gasteiger partial charge on any atom is 0.289 e. The topological polar surface area (TPSA) is 66.5 Å². The van der Waals surface area contributed by atoms with Crippen LogP contribution in [0.1, 0.15) is 11.6 Å². The van der Waals surface area contributed by atoms with Crippen molar-refractivity contribution < 1.29 is 19.0 Å². The number of halogens is 2. The molecule has 0 aromatic heterocycles. The number of phenols is 1. The number of fused-ring (bicyclic) bond motifs is 1. The summed E-state index contributed by atoms with van der Waals surface area (Å²) in [6, 6.07) is 7.66. The van der Waals surface area contributed by atoms with Crippen LogP contribution in [0.25, 0.3) is 10.8 Å². The van der Waals surface area contributed by atoms with E-state index in [1.807, 2.05) is 0 Å². The number of aliphatic hydroxyl groups is 1. The molecule has 5 heteroatoms. The second-order valence-electron chi connectivity index (χ2n) is 4.12. The van der Waals surface area contributed by atoms with Gasteiger partial charge in [0, 0.05) is 5.39 Å². The summed E-state index contributed by atoms with van der Waals surface area (Å²) in [6.45, 7) is -1.32. The first-order chi connectivity index (χ1) is 8.47. The lowest BCUT2D eigenvalue weighted by atomic mass is 9.95. The zero-order chi connectivity index (χ0) is 13.3. The molecule has 0 saturated heterocycles. The van der Waals surface area contributed by atoms with Gasteiger partial charge in [0.15, 0.2) is 0 Å². The average Bonchev–Trinajstić information content (AvgIpc) is 2.39. The van der Waals surface area contributed by atoms with Crippen molar-refractivity contribution in [2.75, 3.05) is 6.61 Å². The smallest absolute Gasteiger partial charge is 0.289 e. The van der Waals surface area contributed by atoms with Crippen molar-refractivity contribution in [3.8, 4) is 5.75 Å². The second kappa shape index (κ2) is 4.51. The maximum atomic E-state index is 13.4. The third kappa shape index (κ3) is 2.02. The molecule has 0 aliphatic carbocycles. The lowest BCUT2D eigenvalue weighted by molar-refractivity contribution is -0.0708. The van der Waals surface area contributed by atoms with Gasteiger partial charge in [0.05, 0.1) is 6.04 Å². The summed E-state index contributed by atoms with van der Waals surface area (Å²) < 4.78 is 26.8. The monoisotopic (exact) mass is 253 g/mol. The lowest BCUT2D eigenvalue weighted by Gasteiger charge is -2.23. The van der Waals surface area contributed by atoms with Crippen LogP contribution in [0.2, 0.25) is 0 Å². The highest BCUT2D eigenvalue weighted by molar-refractivity contribution is 5.91. The highest BCUT2D eigenvalue weighted by atomic mass is 19.3. The summed E-state index contributed by atoms with van der Waals surface area (Å²) in [5.41, 5.74) is 5.70. The predicted octanol–water partition coefficient (Wildman–Crippen LogP) is 2.17. The van der Waals surface area contributed by atoms with Crippen LogP contribution in [0.4, 0.5) is 8.78 Å². The number of benzene rings is 2. The molecule has 0 saturated carbocycles. The molecule has 2 rings (SSSR count). The number of nitrogens with two attached hydrogens (primary N) is 1. The number of aliphatic hydroxyl groups excluding tert-OH is 1. The molecular weight excluding hydrogens is 240 g/mol. The Morgan fingerprint density at radius 1 is 1.11 bits per heavy atom. The van der Waals surface area contributed by atoms with Crippen LogP contribution in [0.3, 0.4) is 0 Å². The van der Waals surface area contributed by atoms with Gasteiger partial charge < -0.3 is 15.9 Å². The van der Waals surface area contributed by atoms with Crippen molar-refractivity contribution in [3.05, 3.63) is 42.0 Å². The molecule has 0 heterocycles. The molecule has 3 nitrogen and oxygen atoms in total. The van der Waals surface area contributed by atoms with E-state index in [-0.39, 0.29) is 11.3 Å². The number of alkyl halides is 2. The second-order valence-corrected chi connectivity index (χ2v) is 4.12. The van der Waals surface area contributed by atoms with E-state index in [4.69, 9.17) is 10.8 Å². The molecule has 0 bridgehead atoms. The van der Waals surface area contributed by atoms with E-state index in [9.17, 15) is 13.9 Å². The quantitative estimate of drug-likeness (QED) is 0.785. The summed E-state index contributed by atoms with van der Waals surface area (Å²) in [6.07, 6.45) is 0. The standard InChI is InChI=1S/C13H13F2NO2/c14-13(15,7-17)12(16)10-5-6-11(18)9-4-2-1-3-8(9)10/h1-6,12,17-18H,7,16H2/t12-/m1/s1. The Bertz CT molecular complexity index is 572. The van der Waals surface area contributed by atoms with Gasteiger partial charge in [-0.2, -0.15) is 0 Å². The van der Waals surface area contributed by atoms with E-state index in [1.165, 1.54) is 12.1 Å². The fraction of sp³-hybridized carbons (Fsp3) is 0.231. The third-order valence-electron chi connectivity index (χ3n) is 2.94. The largest absolute Gasteiger partial charge is 0.507 e. The van der Waals surface area contributed by atoms with Gasteiger partial charge in [-0.25, -0.2) is 8.78 Å². The maximum absolute atomic E-state index is 13.4. The van der Waals surface area contributed by atoms with Crippen LogP contribution < -0.4 is 5.73 Å². The van der Waals surface area contributed by atoms with Crippen LogP contribution >= 0.6 is 0 Å². The first-order valence-electron chi connectivity index (χ1n) is 5.42. The molecule has 0 unspecified atom stereocenters. The number of hydrogen-bond acceptors (Lipinski definition) is 3. The van der Waals surface area contributed by atoms with Gasteiger partial charge in [-0.15, -0.1) is 0 Å². The molecule has 2 aromatic rings. The fourth-order valence-electron chi connectivity index (χ4n) is 1.90. The van der Waals surface area contributed by atoms with Crippen LogP contribution in [-0.4, -0.2) is 22.7 Å². The van der Waals surface area contributed by atoms with E-state index < -0.39 is 18.6 Å². The molecular formula is C13H13F2NO2. The predicted molar refractivity (Wildman–Crippen MR) is 64.6 cm³/mol. The minimum absolute atomic E-state index is 0.00821. The minimum Gasteiger partial charge on any atom is -0.507 e. The highest BCUT2D eigenvalue weighted by Gasteiger charge is 2.38. The Morgan fingerprint density at radius 3 is 2.33 bits per heavy atom. The van der Waals surface area contributed by atoms with Gasteiger partial charge in [0.25, 0.3) is 5.92 Å². The van der Waals surface area contributed by atoms with Crippen molar-refractivity contribution >= 4 is 10.8 Å². The van der Waals surface area contributed by atoms with Gasteiger partial charge in [-0.05, 0) is 17.0 Å². The Kier molecular flexibility index (Phi) is 3.19. The minimum atomic E-state index is -3.40. The van der Waals surface area contributed by atoms with E-state index in [1.54, 1.807) is 24.3 Å². The van der Waals surface area contributed by atoms with Crippen molar-refractivity contribution in [2.24, 2.45) is 5.73 Å². The Morgan fingerprint density at radius 2 is 1.72 bits per heavy atom. The van der Waals surface area contributed by atoms with E-state index in [0.29, 0.717) is 10.8 Å². The first kappa shape index (κ1) is 12.7. The van der Waals surface area contributed by atoms with E-state index in [0.717, 1.165) is 0 Å². The van der Waals surface area contributed by atoms with Crippen LogP contribution in [0, 0.1) is 0 Å². The van der Waals surface area contributed by atoms with Gasteiger partial charge in [0.1, 0.15) is 12.4 Å². The number of phenolic OH excluding ortho intramolecular Hbond substituents is 1. The van der Waals surface area contributed by atoms with Crippen molar-refractivity contribution in [3.63, 3.8) is 0 Å². The van der Waals surface area contributed by atoms with Crippen molar-refractivity contribution in [2.45, 2.75) is 12.0 Å². The first-order valence-corrected chi connectivity index (χ1v) is 5.42. The molecule has 2 aromatic carbocycles. The summed E-state index contributed by atoms with van der Waals surface area (Å²) in [5.74, 6) is -3.39. The Hall–Kier alpha value is -1.72. The number of hydrogen-bond donors (Lipinski definition) is 3. The van der Waals surface area contributed by atoms with Crippen molar-refractivity contribution in [1.82, 2.24) is 0 Å². The molecule has 0 radical (unpaired) electrons. The normalized spacial score (nSPS) is 13.8. The SMILES string of the molecule is N[C@H](c1ccc(O)c2ccccc12)C(F)(F)CO. The summed E-state index contributed by atoms with van der Waals surface area (Å²) in [7, 11) is 0. The Labute approximate surface area is 102 Å². The molecule has 0 spiro atoms. The van der Waals surface area contributed by atoms with E-state index in [2.05, 4.69) is 0 Å². The Balaban J connectivity index is 2.62. The molecule has 0 amide bonds. The molecule has 0 fully saturated rings. The summed E-state index contributed by atoms with van der Waals surface area (Å²) in [5, 5.41) is 19.2. The molecule has 4 N–H and O–H groups in total. The number of aromatic hydroxyl groups is 1. The summed E-state index contributed by atoms with van der Waals surface area (Å²) in [4.78, 5) is 0. The molecule has 1 atom stereocenters. The van der Waals surface area contributed by atoms with Gasteiger partial charge in [-0.1, -0.05) is 30.3 Å². The lowest BCUT2D eigenvalue weighted by Crippen LogP contribution is -2.36. The summed E-state index contributed by atoms with van der Waals surface area (Å²) >= 11 is 0. The zero-order valence-corrected chi connectivity index (χ0v) is 9.48. The molecule has 0 aliphatic rings. The molecule has 96 valence electrons. The highest BCUT2D eigenvalue weighted by Crippen LogP contribution is 2.35. The van der Waals surface area contributed by atoms with Crippen LogP contribution in [-0.2, 0) is 0 Å². The van der Waals surface area contributed by atoms with Gasteiger partial charge in [0.2, 0.25) is 0 Å². The van der Waals surface area contributed by atoms with Gasteiger partial charge in [-0.3, -0.25) is 0 Å². The van der Waals surface area contributed by atoms with Crippen molar-refractivity contribution in [1.29, 1.82) is 0 Å². The third-order valence-corrected chi connectivity index (χ3v) is 2.94. The molecule has 0 aliphatic heterocycles. The number of rotatable bonds is 3. The van der Waals surface area contributed by atoms with E-state index >= 15 is 0 Å².